The van der Waals surface area contributed by atoms with E-state index >= 15 is 0 Å². The molecule has 0 unspecified atom stereocenters. The number of rotatable bonds is 4. The highest BCUT2D eigenvalue weighted by atomic mass is 32.2. The first-order valence-corrected chi connectivity index (χ1v) is 9.20. The quantitative estimate of drug-likeness (QED) is 0.848. The predicted octanol–water partition coefficient (Wildman–Crippen LogP) is 3.01. The van der Waals surface area contributed by atoms with Crippen molar-refractivity contribution in [2.24, 2.45) is 0 Å². The van der Waals surface area contributed by atoms with Gasteiger partial charge < -0.3 is 9.80 Å². The van der Waals surface area contributed by atoms with Gasteiger partial charge >= 0.3 is 5.76 Å². The fourth-order valence-electron chi connectivity index (χ4n) is 2.81. The Morgan fingerprint density at radius 3 is 1.67 bits per heavy atom. The van der Waals surface area contributed by atoms with Crippen LogP contribution in [0, 0.1) is 0 Å². The summed E-state index contributed by atoms with van der Waals surface area (Å²) in [5.74, 6) is -3.39. The van der Waals surface area contributed by atoms with Crippen LogP contribution in [0.1, 0.15) is 0 Å². The zero-order valence-electron chi connectivity index (χ0n) is 13.0. The van der Waals surface area contributed by atoms with E-state index in [1.165, 1.54) is 17.8 Å². The van der Waals surface area contributed by atoms with E-state index in [-0.39, 0.29) is 4.90 Å². The molecular weight excluding hydrogens is 334 g/mol. The molecule has 2 aromatic rings. The van der Waals surface area contributed by atoms with Crippen LogP contribution in [-0.4, -0.2) is 40.4 Å². The number of hydrogen-bond acceptors (Lipinski definition) is 4. The zero-order chi connectivity index (χ0) is 17.2. The maximum atomic E-state index is 12.6. The van der Waals surface area contributed by atoms with Crippen molar-refractivity contribution in [3.8, 4) is 0 Å². The molecular formula is C17H18F2N2O2S. The maximum Gasteiger partial charge on any atom is 0.341 e. The molecule has 0 N–H and O–H groups in total. The number of piperazine rings is 1. The molecule has 1 heterocycles. The van der Waals surface area contributed by atoms with Crippen LogP contribution in [-0.2, 0) is 9.84 Å². The summed E-state index contributed by atoms with van der Waals surface area (Å²) in [6, 6.07) is 15.8. The number of anilines is 2. The van der Waals surface area contributed by atoms with Gasteiger partial charge in [0.1, 0.15) is 0 Å². The molecule has 1 aliphatic rings. The Balaban J connectivity index is 1.67. The minimum absolute atomic E-state index is 0.343. The molecule has 0 atom stereocenters. The molecule has 0 spiro atoms. The molecule has 0 amide bonds. The topological polar surface area (TPSA) is 40.6 Å². The minimum Gasteiger partial charge on any atom is -0.368 e. The van der Waals surface area contributed by atoms with Crippen molar-refractivity contribution >= 4 is 21.2 Å². The lowest BCUT2D eigenvalue weighted by atomic mass is 10.2. The van der Waals surface area contributed by atoms with E-state index in [2.05, 4.69) is 21.9 Å². The van der Waals surface area contributed by atoms with Crippen LogP contribution < -0.4 is 9.80 Å². The lowest BCUT2D eigenvalue weighted by Gasteiger charge is -2.37. The molecule has 0 radical (unpaired) electrons. The SMILES string of the molecule is O=S(=O)(c1ccc(N2CCN(c3ccccc3)CC2)cc1)C(F)F. The zero-order valence-corrected chi connectivity index (χ0v) is 13.8. The van der Waals surface area contributed by atoms with Crippen LogP contribution >= 0.6 is 0 Å². The van der Waals surface area contributed by atoms with Gasteiger partial charge in [0.25, 0.3) is 0 Å². The molecule has 0 saturated carbocycles. The van der Waals surface area contributed by atoms with E-state index < -0.39 is 15.6 Å². The Bertz CT molecular complexity index is 772. The fraction of sp³-hybridized carbons (Fsp3) is 0.294. The molecule has 3 rings (SSSR count). The highest BCUT2D eigenvalue weighted by Gasteiger charge is 2.26. The maximum absolute atomic E-state index is 12.6. The average molecular weight is 352 g/mol. The minimum atomic E-state index is -4.53. The van der Waals surface area contributed by atoms with Crippen molar-refractivity contribution in [1.29, 1.82) is 0 Å². The summed E-state index contributed by atoms with van der Waals surface area (Å²) in [5.41, 5.74) is 2.02. The van der Waals surface area contributed by atoms with E-state index in [9.17, 15) is 17.2 Å². The lowest BCUT2D eigenvalue weighted by molar-refractivity contribution is 0.234. The smallest absolute Gasteiger partial charge is 0.341 e. The summed E-state index contributed by atoms with van der Waals surface area (Å²) in [7, 11) is -4.53. The second-order valence-corrected chi connectivity index (χ2v) is 7.53. The molecule has 24 heavy (non-hydrogen) atoms. The van der Waals surface area contributed by atoms with Crippen molar-refractivity contribution < 1.29 is 17.2 Å². The number of alkyl halides is 2. The van der Waals surface area contributed by atoms with Crippen molar-refractivity contribution in [3.63, 3.8) is 0 Å². The molecule has 0 aliphatic carbocycles. The van der Waals surface area contributed by atoms with Gasteiger partial charge in [-0.25, -0.2) is 8.42 Å². The largest absolute Gasteiger partial charge is 0.368 e. The fourth-order valence-corrected chi connectivity index (χ4v) is 3.53. The number of benzene rings is 2. The second-order valence-electron chi connectivity index (χ2n) is 5.61. The third-order valence-electron chi connectivity index (χ3n) is 4.17. The van der Waals surface area contributed by atoms with Crippen LogP contribution in [0.2, 0.25) is 0 Å². The van der Waals surface area contributed by atoms with E-state index in [0.717, 1.165) is 31.9 Å². The molecule has 0 bridgehead atoms. The number of nitrogens with zero attached hydrogens (tertiary/aromatic N) is 2. The Morgan fingerprint density at radius 2 is 1.21 bits per heavy atom. The summed E-state index contributed by atoms with van der Waals surface area (Å²) in [5, 5.41) is 0. The van der Waals surface area contributed by atoms with E-state index in [1.807, 2.05) is 18.2 Å². The summed E-state index contributed by atoms with van der Waals surface area (Å²) < 4.78 is 48.0. The van der Waals surface area contributed by atoms with E-state index in [0.29, 0.717) is 0 Å². The van der Waals surface area contributed by atoms with Gasteiger partial charge in [-0.3, -0.25) is 0 Å². The molecule has 128 valence electrons. The van der Waals surface area contributed by atoms with Crippen molar-refractivity contribution in [2.75, 3.05) is 36.0 Å². The predicted molar refractivity (Wildman–Crippen MR) is 90.5 cm³/mol. The van der Waals surface area contributed by atoms with Gasteiger partial charge in [0.2, 0.25) is 9.84 Å². The van der Waals surface area contributed by atoms with Gasteiger partial charge in [-0.2, -0.15) is 8.78 Å². The van der Waals surface area contributed by atoms with Crippen molar-refractivity contribution in [2.45, 2.75) is 10.7 Å². The monoisotopic (exact) mass is 352 g/mol. The first-order valence-electron chi connectivity index (χ1n) is 7.65. The molecule has 4 nitrogen and oxygen atoms in total. The highest BCUT2D eigenvalue weighted by Crippen LogP contribution is 2.24. The lowest BCUT2D eigenvalue weighted by Crippen LogP contribution is -2.46. The number of halogens is 2. The van der Waals surface area contributed by atoms with Gasteiger partial charge in [-0.05, 0) is 36.4 Å². The van der Waals surface area contributed by atoms with E-state index in [4.69, 9.17) is 0 Å². The van der Waals surface area contributed by atoms with Crippen LogP contribution in [0.3, 0.4) is 0 Å². The van der Waals surface area contributed by atoms with Gasteiger partial charge in [0, 0.05) is 37.6 Å². The molecule has 1 aliphatic heterocycles. The van der Waals surface area contributed by atoms with Crippen LogP contribution in [0.15, 0.2) is 59.5 Å². The molecule has 1 fully saturated rings. The van der Waals surface area contributed by atoms with Crippen LogP contribution in [0.4, 0.5) is 20.2 Å². The molecule has 7 heteroatoms. The van der Waals surface area contributed by atoms with Crippen LogP contribution in [0.25, 0.3) is 0 Å². The highest BCUT2D eigenvalue weighted by molar-refractivity contribution is 7.91. The normalized spacial score (nSPS) is 15.8. The number of para-hydroxylation sites is 1. The van der Waals surface area contributed by atoms with E-state index in [1.54, 1.807) is 12.1 Å². The van der Waals surface area contributed by atoms with Gasteiger partial charge in [0.05, 0.1) is 4.90 Å². The third kappa shape index (κ3) is 3.36. The molecule has 0 aromatic heterocycles. The number of sulfone groups is 1. The molecule has 1 saturated heterocycles. The Hall–Kier alpha value is -2.15. The Kier molecular flexibility index (Phi) is 4.71. The standard InChI is InChI=1S/C17H18F2N2O2S/c18-17(19)24(22,23)16-8-6-15(7-9-16)21-12-10-20(11-13-21)14-4-2-1-3-5-14/h1-9,17H,10-13H2. The van der Waals surface area contributed by atoms with Crippen LogP contribution in [0.5, 0.6) is 0 Å². The molecule has 2 aromatic carbocycles. The van der Waals surface area contributed by atoms with Gasteiger partial charge in [0.15, 0.2) is 0 Å². The van der Waals surface area contributed by atoms with Crippen molar-refractivity contribution in [3.05, 3.63) is 54.6 Å². The van der Waals surface area contributed by atoms with Crippen molar-refractivity contribution in [1.82, 2.24) is 0 Å². The summed E-state index contributed by atoms with van der Waals surface area (Å²) in [4.78, 5) is 4.06. The Labute approximate surface area is 140 Å². The second kappa shape index (κ2) is 6.76. The number of hydrogen-bond donors (Lipinski definition) is 0. The summed E-state index contributed by atoms with van der Waals surface area (Å²) in [6.45, 7) is 3.27. The third-order valence-corrected chi connectivity index (χ3v) is 5.56. The Morgan fingerprint density at radius 1 is 0.750 bits per heavy atom. The summed E-state index contributed by atoms with van der Waals surface area (Å²) >= 11 is 0. The van der Waals surface area contributed by atoms with Gasteiger partial charge in [-0.1, -0.05) is 18.2 Å². The summed E-state index contributed by atoms with van der Waals surface area (Å²) in [6.07, 6.45) is 0. The van der Waals surface area contributed by atoms with Gasteiger partial charge in [-0.15, -0.1) is 0 Å². The average Bonchev–Trinajstić information content (AvgIpc) is 2.62. The first kappa shape index (κ1) is 16.7. The first-order chi connectivity index (χ1) is 11.5.